The van der Waals surface area contributed by atoms with Gasteiger partial charge >= 0.3 is 8.25 Å². The van der Waals surface area contributed by atoms with Gasteiger partial charge in [0.05, 0.1) is 6.61 Å². The topological polar surface area (TPSA) is 61.5 Å². The summed E-state index contributed by atoms with van der Waals surface area (Å²) in [6, 6.07) is 0. The van der Waals surface area contributed by atoms with Crippen LogP contribution >= 0.6 is 8.25 Å². The second kappa shape index (κ2) is 4.27. The molecule has 5 heteroatoms. The second-order valence-electron chi connectivity index (χ2n) is 0.801. The highest BCUT2D eigenvalue weighted by atomic mass is 31.1. The van der Waals surface area contributed by atoms with Crippen molar-refractivity contribution >= 4 is 8.25 Å². The minimum Gasteiger partial charge on any atom is -0.310 e. The van der Waals surface area contributed by atoms with Crippen LogP contribution in [0.1, 0.15) is 6.92 Å². The fourth-order valence-corrected chi connectivity index (χ4v) is 0.456. The smallest absolute Gasteiger partial charge is 0.310 e. The van der Waals surface area contributed by atoms with Gasteiger partial charge in [0.15, 0.2) is 0 Å². The van der Waals surface area contributed by atoms with Crippen molar-refractivity contribution in [1.82, 2.24) is 0 Å². The SMILES string of the molecule is CCO[PH](=O)ON. The van der Waals surface area contributed by atoms with Crippen molar-refractivity contribution in [2.45, 2.75) is 6.92 Å². The summed E-state index contributed by atoms with van der Waals surface area (Å²) in [5.74, 6) is 4.47. The van der Waals surface area contributed by atoms with E-state index in [0.29, 0.717) is 6.61 Å². The van der Waals surface area contributed by atoms with E-state index in [1.165, 1.54) is 0 Å². The fourth-order valence-electron chi connectivity index (χ4n) is 0.152. The zero-order valence-corrected chi connectivity index (χ0v) is 5.01. The predicted octanol–water partition coefficient (Wildman–Crippen LogP) is 0.303. The molecule has 0 bridgehead atoms. The fraction of sp³-hybridized carbons (Fsp3) is 1.00. The highest BCUT2D eigenvalue weighted by molar-refractivity contribution is 7.33. The van der Waals surface area contributed by atoms with E-state index in [9.17, 15) is 4.57 Å². The molecule has 44 valence electrons. The first-order chi connectivity index (χ1) is 3.31. The number of hydrogen-bond donors (Lipinski definition) is 1. The van der Waals surface area contributed by atoms with Gasteiger partial charge in [-0.05, 0) is 6.92 Å². The lowest BCUT2D eigenvalue weighted by atomic mass is 10.9. The normalized spacial score (nSPS) is 14.0. The molecule has 7 heavy (non-hydrogen) atoms. The minimum atomic E-state index is -2.35. The Balaban J connectivity index is 3.00. The average Bonchev–Trinajstić information content (AvgIpc) is 1.68. The summed E-state index contributed by atoms with van der Waals surface area (Å²) in [7, 11) is -2.35. The van der Waals surface area contributed by atoms with E-state index in [-0.39, 0.29) is 0 Å². The summed E-state index contributed by atoms with van der Waals surface area (Å²) < 4.78 is 18.2. The molecule has 4 nitrogen and oxygen atoms in total. The third-order valence-electron chi connectivity index (χ3n) is 0.358. The van der Waals surface area contributed by atoms with Gasteiger partial charge in [-0.3, -0.25) is 4.57 Å². The molecule has 0 saturated heterocycles. The molecule has 1 atom stereocenters. The van der Waals surface area contributed by atoms with Crippen LogP contribution in [0.25, 0.3) is 0 Å². The van der Waals surface area contributed by atoms with E-state index in [4.69, 9.17) is 0 Å². The Bertz CT molecular complexity index is 66.0. The molecule has 0 aliphatic carbocycles. The summed E-state index contributed by atoms with van der Waals surface area (Å²) >= 11 is 0. The second-order valence-corrected chi connectivity index (χ2v) is 1.83. The largest absolute Gasteiger partial charge is 0.335 e. The maximum atomic E-state index is 10.0. The Labute approximate surface area is 42.5 Å². The molecule has 0 fully saturated rings. The van der Waals surface area contributed by atoms with Crippen molar-refractivity contribution < 1.29 is 13.7 Å². The predicted molar refractivity (Wildman–Crippen MR) is 25.9 cm³/mol. The van der Waals surface area contributed by atoms with Crippen molar-refractivity contribution in [3.8, 4) is 0 Å². The first-order valence-corrected chi connectivity index (χ1v) is 3.07. The van der Waals surface area contributed by atoms with Gasteiger partial charge in [0.1, 0.15) is 0 Å². The van der Waals surface area contributed by atoms with Crippen LogP contribution in [0.3, 0.4) is 0 Å². The van der Waals surface area contributed by atoms with Crippen LogP contribution in [-0.4, -0.2) is 6.61 Å². The number of nitrogens with two attached hydrogens (primary N) is 1. The molecular weight excluding hydrogens is 117 g/mol. The van der Waals surface area contributed by atoms with Crippen molar-refractivity contribution in [1.29, 1.82) is 0 Å². The Morgan fingerprint density at radius 1 is 1.86 bits per heavy atom. The van der Waals surface area contributed by atoms with Gasteiger partial charge in [0.25, 0.3) is 0 Å². The molecule has 0 heterocycles. The lowest BCUT2D eigenvalue weighted by molar-refractivity contribution is 0.239. The summed E-state index contributed by atoms with van der Waals surface area (Å²) in [6.07, 6.45) is 0. The molecular formula is C2H8NO3P. The maximum absolute atomic E-state index is 10.0. The molecule has 0 radical (unpaired) electrons. The van der Waals surface area contributed by atoms with Crippen LogP contribution in [-0.2, 0) is 13.7 Å². The highest BCUT2D eigenvalue weighted by Gasteiger charge is 1.89. The zero-order valence-electron chi connectivity index (χ0n) is 4.01. The molecule has 0 saturated carbocycles. The van der Waals surface area contributed by atoms with Crippen LogP contribution in [0.5, 0.6) is 0 Å². The monoisotopic (exact) mass is 125 g/mol. The minimum absolute atomic E-state index is 0.370. The summed E-state index contributed by atoms with van der Waals surface area (Å²) in [4.78, 5) is 0. The molecule has 0 aliphatic rings. The Morgan fingerprint density at radius 2 is 2.43 bits per heavy atom. The van der Waals surface area contributed by atoms with Gasteiger partial charge in [-0.15, -0.1) is 0 Å². The summed E-state index contributed by atoms with van der Waals surface area (Å²) in [5.41, 5.74) is 0. The summed E-state index contributed by atoms with van der Waals surface area (Å²) in [5, 5.41) is 0. The van der Waals surface area contributed by atoms with Gasteiger partial charge in [0, 0.05) is 0 Å². The van der Waals surface area contributed by atoms with Gasteiger partial charge in [-0.25, -0.2) is 10.5 Å². The Kier molecular flexibility index (Phi) is 4.34. The lowest BCUT2D eigenvalue weighted by Gasteiger charge is -1.93. The number of rotatable bonds is 3. The van der Waals surface area contributed by atoms with E-state index >= 15 is 0 Å². The third-order valence-corrected chi connectivity index (χ3v) is 1.08. The van der Waals surface area contributed by atoms with E-state index in [1.54, 1.807) is 6.92 Å². The zero-order chi connectivity index (χ0) is 5.70. The average molecular weight is 125 g/mol. The highest BCUT2D eigenvalue weighted by Crippen LogP contribution is 2.18. The Morgan fingerprint density at radius 3 is 2.57 bits per heavy atom. The summed E-state index contributed by atoms with van der Waals surface area (Å²) in [6.45, 7) is 2.08. The van der Waals surface area contributed by atoms with E-state index in [0.717, 1.165) is 0 Å². The van der Waals surface area contributed by atoms with E-state index in [2.05, 4.69) is 15.0 Å². The van der Waals surface area contributed by atoms with E-state index in [1.807, 2.05) is 0 Å². The standard InChI is InChI=1S/C2H8NO3P/c1-2-5-7(4)6-3/h7H,2-3H2,1H3. The van der Waals surface area contributed by atoms with Crippen LogP contribution in [0.2, 0.25) is 0 Å². The molecule has 0 spiro atoms. The molecule has 0 rings (SSSR count). The van der Waals surface area contributed by atoms with Crippen LogP contribution in [0.4, 0.5) is 0 Å². The van der Waals surface area contributed by atoms with Crippen LogP contribution in [0, 0.1) is 0 Å². The van der Waals surface area contributed by atoms with Crippen LogP contribution in [0.15, 0.2) is 0 Å². The first-order valence-electron chi connectivity index (χ1n) is 1.84. The van der Waals surface area contributed by atoms with Crippen molar-refractivity contribution in [3.05, 3.63) is 0 Å². The lowest BCUT2D eigenvalue weighted by Crippen LogP contribution is -1.89. The molecule has 0 aromatic rings. The molecule has 0 aromatic carbocycles. The Hall–Kier alpha value is 0.110. The quantitative estimate of drug-likeness (QED) is 0.435. The van der Waals surface area contributed by atoms with E-state index < -0.39 is 8.25 Å². The van der Waals surface area contributed by atoms with Crippen molar-refractivity contribution in [2.24, 2.45) is 5.90 Å². The molecule has 1 unspecified atom stereocenters. The van der Waals surface area contributed by atoms with Gasteiger partial charge < -0.3 is 4.52 Å². The number of hydrogen-bond acceptors (Lipinski definition) is 4. The first kappa shape index (κ1) is 7.11. The molecule has 0 amide bonds. The maximum Gasteiger partial charge on any atom is 0.335 e. The van der Waals surface area contributed by atoms with Crippen molar-refractivity contribution in [3.63, 3.8) is 0 Å². The van der Waals surface area contributed by atoms with Crippen molar-refractivity contribution in [2.75, 3.05) is 6.61 Å². The van der Waals surface area contributed by atoms with Crippen LogP contribution < -0.4 is 5.90 Å². The van der Waals surface area contributed by atoms with Gasteiger partial charge in [-0.2, -0.15) is 0 Å². The molecule has 2 N–H and O–H groups in total. The molecule has 0 aromatic heterocycles. The third kappa shape index (κ3) is 3.95. The van der Waals surface area contributed by atoms with Gasteiger partial charge in [-0.1, -0.05) is 0 Å². The van der Waals surface area contributed by atoms with Gasteiger partial charge in [0.2, 0.25) is 0 Å². The molecule has 0 aliphatic heterocycles.